The van der Waals surface area contributed by atoms with E-state index < -0.39 is 16.2 Å². The molecule has 0 bridgehead atoms. The molecule has 0 atom stereocenters. The lowest BCUT2D eigenvalue weighted by Gasteiger charge is -2.28. The molecule has 0 aliphatic carbocycles. The Bertz CT molecular complexity index is 802. The zero-order chi connectivity index (χ0) is 22.9. The monoisotopic (exact) mass is 458 g/mol. The van der Waals surface area contributed by atoms with E-state index in [2.05, 4.69) is 0 Å². The molecule has 2 N–H and O–H groups in total. The van der Waals surface area contributed by atoms with E-state index in [0.717, 1.165) is 11.8 Å². The van der Waals surface area contributed by atoms with Crippen LogP contribution in [0.3, 0.4) is 0 Å². The predicted molar refractivity (Wildman–Crippen MR) is 112 cm³/mol. The first-order valence-corrected chi connectivity index (χ1v) is 12.0. The van der Waals surface area contributed by atoms with Gasteiger partial charge in [0.2, 0.25) is 0 Å². The molecule has 1 aromatic rings. The molecule has 174 valence electrons. The van der Waals surface area contributed by atoms with Crippen LogP contribution in [0.2, 0.25) is 0 Å². The summed E-state index contributed by atoms with van der Waals surface area (Å²) in [4.78, 5) is 25.1. The molecule has 0 saturated carbocycles. The SMILES string of the molecule is CS(=O)(=O)OC1CCN(C(=O)O)CC1.O=C(OCc1ccccc1)N1CCC(O)CC1. The van der Waals surface area contributed by atoms with E-state index in [1.807, 2.05) is 30.3 Å². The predicted octanol–water partition coefficient (Wildman–Crippen LogP) is 1.88. The van der Waals surface area contributed by atoms with E-state index in [1.165, 1.54) is 4.90 Å². The number of hydrogen-bond donors (Lipinski definition) is 2. The van der Waals surface area contributed by atoms with Crippen molar-refractivity contribution in [3.8, 4) is 0 Å². The van der Waals surface area contributed by atoms with Gasteiger partial charge in [0.05, 0.1) is 18.5 Å². The second-order valence-corrected chi connectivity index (χ2v) is 9.13. The fraction of sp³-hybridized carbons (Fsp3) is 0.600. The maximum absolute atomic E-state index is 11.7. The second-order valence-electron chi connectivity index (χ2n) is 7.53. The van der Waals surface area contributed by atoms with Crippen LogP contribution in [-0.2, 0) is 25.6 Å². The Balaban J connectivity index is 0.000000225. The molecule has 31 heavy (non-hydrogen) atoms. The lowest BCUT2D eigenvalue weighted by atomic mass is 10.1. The summed E-state index contributed by atoms with van der Waals surface area (Å²) < 4.78 is 31.5. The minimum absolute atomic E-state index is 0.270. The smallest absolute Gasteiger partial charge is 0.410 e. The number of aliphatic hydroxyl groups excluding tert-OH is 1. The van der Waals surface area contributed by atoms with Crippen molar-refractivity contribution in [2.75, 3.05) is 32.4 Å². The number of carbonyl (C=O) groups is 2. The average Bonchev–Trinajstić information content (AvgIpc) is 2.73. The van der Waals surface area contributed by atoms with Crippen LogP contribution in [0.25, 0.3) is 0 Å². The van der Waals surface area contributed by atoms with Crippen molar-refractivity contribution < 1.29 is 37.1 Å². The molecule has 0 unspecified atom stereocenters. The topological polar surface area (TPSA) is 134 Å². The Hall–Kier alpha value is -2.37. The van der Waals surface area contributed by atoms with Crippen molar-refractivity contribution in [1.29, 1.82) is 0 Å². The van der Waals surface area contributed by atoms with Crippen molar-refractivity contribution in [2.45, 2.75) is 44.5 Å². The molecule has 3 rings (SSSR count). The molecule has 2 aliphatic rings. The van der Waals surface area contributed by atoms with Crippen LogP contribution in [0.1, 0.15) is 31.2 Å². The van der Waals surface area contributed by atoms with Gasteiger partial charge in [-0.25, -0.2) is 9.59 Å². The molecule has 0 aromatic heterocycles. The number of piperidine rings is 2. The Morgan fingerprint density at radius 3 is 2.06 bits per heavy atom. The van der Waals surface area contributed by atoms with E-state index in [0.29, 0.717) is 58.5 Å². The maximum atomic E-state index is 11.7. The van der Waals surface area contributed by atoms with Gasteiger partial charge >= 0.3 is 12.2 Å². The quantitative estimate of drug-likeness (QED) is 0.654. The molecule has 11 heteroatoms. The summed E-state index contributed by atoms with van der Waals surface area (Å²) in [7, 11) is -3.43. The highest BCUT2D eigenvalue weighted by atomic mass is 32.2. The van der Waals surface area contributed by atoms with Gasteiger partial charge in [-0.05, 0) is 31.2 Å². The first-order chi connectivity index (χ1) is 14.6. The van der Waals surface area contributed by atoms with Crippen molar-refractivity contribution in [1.82, 2.24) is 9.80 Å². The molecule has 0 radical (unpaired) electrons. The molecule has 1 aromatic carbocycles. The summed E-state index contributed by atoms with van der Waals surface area (Å²) in [6.45, 7) is 2.12. The second kappa shape index (κ2) is 11.9. The van der Waals surface area contributed by atoms with E-state index in [9.17, 15) is 23.1 Å². The van der Waals surface area contributed by atoms with Crippen molar-refractivity contribution in [3.63, 3.8) is 0 Å². The third-order valence-electron chi connectivity index (χ3n) is 4.95. The zero-order valence-electron chi connectivity index (χ0n) is 17.6. The molecule has 2 fully saturated rings. The number of rotatable bonds is 4. The summed E-state index contributed by atoms with van der Waals surface area (Å²) in [5.41, 5.74) is 0.984. The van der Waals surface area contributed by atoms with Gasteiger partial charge in [-0.1, -0.05) is 30.3 Å². The van der Waals surface area contributed by atoms with Gasteiger partial charge in [0.15, 0.2) is 0 Å². The largest absolute Gasteiger partial charge is 0.465 e. The molecule has 0 spiro atoms. The van der Waals surface area contributed by atoms with Gasteiger partial charge in [-0.2, -0.15) is 8.42 Å². The van der Waals surface area contributed by atoms with Crippen LogP contribution in [-0.4, -0.2) is 85.3 Å². The van der Waals surface area contributed by atoms with Gasteiger partial charge < -0.3 is 24.7 Å². The van der Waals surface area contributed by atoms with Crippen LogP contribution in [0, 0.1) is 0 Å². The van der Waals surface area contributed by atoms with Crippen molar-refractivity contribution >= 4 is 22.3 Å². The Kier molecular flexibility index (Phi) is 9.53. The Labute approximate surface area is 182 Å². The van der Waals surface area contributed by atoms with Crippen LogP contribution >= 0.6 is 0 Å². The van der Waals surface area contributed by atoms with Gasteiger partial charge in [0.1, 0.15) is 6.61 Å². The van der Waals surface area contributed by atoms with E-state index in [-0.39, 0.29) is 18.3 Å². The van der Waals surface area contributed by atoms with Gasteiger partial charge in [0, 0.05) is 26.2 Å². The lowest BCUT2D eigenvalue weighted by Crippen LogP contribution is -2.40. The number of amides is 2. The molecular weight excluding hydrogens is 428 g/mol. The van der Waals surface area contributed by atoms with Crippen LogP contribution in [0.4, 0.5) is 9.59 Å². The number of likely N-dealkylation sites (tertiary alicyclic amines) is 2. The molecule has 2 amide bonds. The number of hydrogen-bond acceptors (Lipinski definition) is 7. The third kappa shape index (κ3) is 9.53. The highest BCUT2D eigenvalue weighted by Gasteiger charge is 2.25. The third-order valence-corrected chi connectivity index (χ3v) is 5.57. The fourth-order valence-corrected chi connectivity index (χ4v) is 3.94. The minimum atomic E-state index is -3.43. The maximum Gasteiger partial charge on any atom is 0.410 e. The zero-order valence-corrected chi connectivity index (χ0v) is 18.4. The number of carbonyl (C=O) groups excluding carboxylic acids is 1. The summed E-state index contributed by atoms with van der Waals surface area (Å²) in [5, 5.41) is 18.0. The summed E-state index contributed by atoms with van der Waals surface area (Å²) in [5.74, 6) is 0. The van der Waals surface area contributed by atoms with E-state index in [1.54, 1.807) is 4.90 Å². The van der Waals surface area contributed by atoms with Crippen molar-refractivity contribution in [3.05, 3.63) is 35.9 Å². The van der Waals surface area contributed by atoms with E-state index >= 15 is 0 Å². The Morgan fingerprint density at radius 2 is 1.55 bits per heavy atom. The summed E-state index contributed by atoms with van der Waals surface area (Å²) >= 11 is 0. The normalized spacial score (nSPS) is 18.1. The minimum Gasteiger partial charge on any atom is -0.465 e. The number of benzene rings is 1. The highest BCUT2D eigenvalue weighted by Crippen LogP contribution is 2.15. The van der Waals surface area contributed by atoms with Gasteiger partial charge in [0.25, 0.3) is 10.1 Å². The standard InChI is InChI=1S/C13H17NO3.C7H13NO5S/c15-12-6-8-14(9-7-12)13(16)17-10-11-4-2-1-3-5-11;1-14(11,12)13-6-2-4-8(5-3-6)7(9)10/h1-5,12,15H,6-10H2;6H,2-5H2,1H3,(H,9,10). The summed E-state index contributed by atoms with van der Waals surface area (Å²) in [6.07, 6.45) is 1.23. The molecule has 10 nitrogen and oxygen atoms in total. The van der Waals surface area contributed by atoms with Crippen LogP contribution in [0.5, 0.6) is 0 Å². The Morgan fingerprint density at radius 1 is 1.00 bits per heavy atom. The van der Waals surface area contributed by atoms with Gasteiger partial charge in [-0.15, -0.1) is 0 Å². The number of aliphatic hydroxyl groups is 1. The number of nitrogens with zero attached hydrogens (tertiary/aromatic N) is 2. The van der Waals surface area contributed by atoms with Crippen molar-refractivity contribution in [2.24, 2.45) is 0 Å². The summed E-state index contributed by atoms with van der Waals surface area (Å²) in [6, 6.07) is 9.61. The fourth-order valence-electron chi connectivity index (χ4n) is 3.25. The lowest BCUT2D eigenvalue weighted by molar-refractivity contribution is 0.0560. The van der Waals surface area contributed by atoms with Crippen LogP contribution < -0.4 is 0 Å². The van der Waals surface area contributed by atoms with E-state index in [4.69, 9.17) is 14.0 Å². The number of carboxylic acid groups (broad SMARTS) is 1. The number of ether oxygens (including phenoxy) is 1. The first kappa shape index (κ1) is 24.9. The molecule has 2 saturated heterocycles. The molecular formula is C20H30N2O8S. The molecule has 2 aliphatic heterocycles. The van der Waals surface area contributed by atoms with Gasteiger partial charge in [-0.3, -0.25) is 4.18 Å². The first-order valence-electron chi connectivity index (χ1n) is 10.1. The highest BCUT2D eigenvalue weighted by molar-refractivity contribution is 7.86. The van der Waals surface area contributed by atoms with Crippen LogP contribution in [0.15, 0.2) is 30.3 Å². The average molecular weight is 459 g/mol. The molecule has 2 heterocycles.